The van der Waals surface area contributed by atoms with E-state index < -0.39 is 0 Å². The van der Waals surface area contributed by atoms with Crippen molar-refractivity contribution in [1.29, 1.82) is 0 Å². The molecule has 2 heteroatoms. The highest BCUT2D eigenvalue weighted by atomic mass is 15.0. The largest absolute Gasteiger partial charge is 0.326 e. The molecule has 2 saturated carbocycles. The van der Waals surface area contributed by atoms with Crippen LogP contribution >= 0.6 is 0 Å². The van der Waals surface area contributed by atoms with E-state index in [0.29, 0.717) is 12.1 Å². The van der Waals surface area contributed by atoms with Crippen molar-refractivity contribution in [2.24, 2.45) is 5.73 Å². The van der Waals surface area contributed by atoms with Crippen molar-refractivity contribution in [3.05, 3.63) is 0 Å². The van der Waals surface area contributed by atoms with E-state index in [-0.39, 0.29) is 0 Å². The van der Waals surface area contributed by atoms with Gasteiger partial charge in [0.2, 0.25) is 0 Å². The number of rotatable bonds is 2. The predicted molar refractivity (Wildman–Crippen MR) is 41.8 cm³/mol. The van der Waals surface area contributed by atoms with Gasteiger partial charge in [0, 0.05) is 18.1 Å². The molecule has 0 radical (unpaired) electrons. The van der Waals surface area contributed by atoms with E-state index in [4.69, 9.17) is 5.73 Å². The highest BCUT2D eigenvalue weighted by Gasteiger charge is 2.35. The molecule has 0 heterocycles. The summed E-state index contributed by atoms with van der Waals surface area (Å²) in [5.74, 6) is 0. The third-order valence-electron chi connectivity index (χ3n) is 2.64. The van der Waals surface area contributed by atoms with Gasteiger partial charge in [0.05, 0.1) is 0 Å². The highest BCUT2D eigenvalue weighted by molar-refractivity contribution is 4.99. The van der Waals surface area contributed by atoms with Crippen molar-refractivity contribution in [3.8, 4) is 0 Å². The lowest BCUT2D eigenvalue weighted by Crippen LogP contribution is -2.31. The van der Waals surface area contributed by atoms with Gasteiger partial charge in [-0.2, -0.15) is 0 Å². The van der Waals surface area contributed by atoms with Crippen LogP contribution in [0.25, 0.3) is 0 Å². The topological polar surface area (TPSA) is 38.0 Å². The SMILES string of the molecule is NC1CC1NC1CCCC1. The zero-order valence-electron chi connectivity index (χ0n) is 6.34. The van der Waals surface area contributed by atoms with Gasteiger partial charge in [0.1, 0.15) is 0 Å². The van der Waals surface area contributed by atoms with Gasteiger partial charge in [-0.05, 0) is 19.3 Å². The molecule has 0 aliphatic heterocycles. The smallest absolute Gasteiger partial charge is 0.0237 e. The van der Waals surface area contributed by atoms with E-state index >= 15 is 0 Å². The lowest BCUT2D eigenvalue weighted by Gasteiger charge is -2.09. The Hall–Kier alpha value is -0.0800. The first kappa shape index (κ1) is 6.62. The summed E-state index contributed by atoms with van der Waals surface area (Å²) in [4.78, 5) is 0. The molecule has 10 heavy (non-hydrogen) atoms. The molecule has 0 amide bonds. The van der Waals surface area contributed by atoms with Crippen molar-refractivity contribution in [2.45, 2.75) is 50.2 Å². The Morgan fingerprint density at radius 2 is 1.80 bits per heavy atom. The molecule has 0 bridgehead atoms. The Morgan fingerprint density at radius 3 is 2.30 bits per heavy atom. The summed E-state index contributed by atoms with van der Waals surface area (Å²) in [6.45, 7) is 0. The molecule has 0 saturated heterocycles. The summed E-state index contributed by atoms with van der Waals surface area (Å²) in [6, 6.07) is 1.95. The first-order chi connectivity index (χ1) is 4.86. The first-order valence-corrected chi connectivity index (χ1v) is 4.38. The summed E-state index contributed by atoms with van der Waals surface area (Å²) < 4.78 is 0. The Bertz CT molecular complexity index is 118. The van der Waals surface area contributed by atoms with Crippen LogP contribution in [0, 0.1) is 0 Å². The van der Waals surface area contributed by atoms with Crippen LogP contribution < -0.4 is 11.1 Å². The second kappa shape index (κ2) is 2.51. The second-order valence-electron chi connectivity index (χ2n) is 3.65. The van der Waals surface area contributed by atoms with Gasteiger partial charge >= 0.3 is 0 Å². The number of nitrogens with one attached hydrogen (secondary N) is 1. The minimum absolute atomic E-state index is 0.473. The van der Waals surface area contributed by atoms with E-state index in [0.717, 1.165) is 6.04 Å². The lowest BCUT2D eigenvalue weighted by atomic mass is 10.2. The third-order valence-corrected chi connectivity index (χ3v) is 2.64. The molecule has 58 valence electrons. The first-order valence-electron chi connectivity index (χ1n) is 4.38. The van der Waals surface area contributed by atoms with Crippen molar-refractivity contribution in [1.82, 2.24) is 5.32 Å². The summed E-state index contributed by atoms with van der Waals surface area (Å²) in [6.07, 6.45) is 6.79. The predicted octanol–water partition coefficient (Wildman–Crippen LogP) is 0.618. The van der Waals surface area contributed by atoms with Crippen molar-refractivity contribution < 1.29 is 0 Å². The Labute approximate surface area is 62.2 Å². The normalized spacial score (nSPS) is 40.5. The number of nitrogens with two attached hydrogens (primary N) is 1. The Kier molecular flexibility index (Phi) is 1.66. The van der Waals surface area contributed by atoms with Crippen LogP contribution in [0.4, 0.5) is 0 Å². The maximum atomic E-state index is 5.68. The number of hydrogen-bond acceptors (Lipinski definition) is 2. The monoisotopic (exact) mass is 140 g/mol. The molecule has 0 aromatic rings. The van der Waals surface area contributed by atoms with E-state index in [2.05, 4.69) is 5.32 Å². The van der Waals surface area contributed by atoms with Crippen molar-refractivity contribution in [2.75, 3.05) is 0 Å². The summed E-state index contributed by atoms with van der Waals surface area (Å²) in [5.41, 5.74) is 5.68. The molecule has 2 aliphatic carbocycles. The minimum atomic E-state index is 0.473. The molecule has 2 atom stereocenters. The van der Waals surface area contributed by atoms with E-state index in [1.165, 1.54) is 32.1 Å². The van der Waals surface area contributed by atoms with Crippen molar-refractivity contribution >= 4 is 0 Å². The molecular weight excluding hydrogens is 124 g/mol. The molecule has 0 aromatic carbocycles. The molecule has 2 aliphatic rings. The molecule has 2 nitrogen and oxygen atoms in total. The fourth-order valence-electron chi connectivity index (χ4n) is 1.80. The lowest BCUT2D eigenvalue weighted by molar-refractivity contribution is 0.515. The standard InChI is InChI=1S/C8H16N2/c9-7-5-8(7)10-6-3-1-2-4-6/h6-8,10H,1-5,9H2. The zero-order valence-corrected chi connectivity index (χ0v) is 6.34. The van der Waals surface area contributed by atoms with Crippen LogP contribution in [0.2, 0.25) is 0 Å². The van der Waals surface area contributed by atoms with E-state index in [1.807, 2.05) is 0 Å². The second-order valence-corrected chi connectivity index (χ2v) is 3.65. The molecule has 3 N–H and O–H groups in total. The molecular formula is C8H16N2. The fraction of sp³-hybridized carbons (Fsp3) is 1.00. The quantitative estimate of drug-likeness (QED) is 0.590. The zero-order chi connectivity index (χ0) is 6.97. The summed E-state index contributed by atoms with van der Waals surface area (Å²) in [5, 5.41) is 3.58. The molecule has 2 fully saturated rings. The van der Waals surface area contributed by atoms with Gasteiger partial charge < -0.3 is 11.1 Å². The summed E-state index contributed by atoms with van der Waals surface area (Å²) in [7, 11) is 0. The Balaban J connectivity index is 1.70. The van der Waals surface area contributed by atoms with E-state index in [9.17, 15) is 0 Å². The average Bonchev–Trinajstić information content (AvgIpc) is 2.48. The minimum Gasteiger partial charge on any atom is -0.326 e. The number of hydrogen-bond donors (Lipinski definition) is 2. The summed E-state index contributed by atoms with van der Waals surface area (Å²) >= 11 is 0. The molecule has 2 rings (SSSR count). The maximum Gasteiger partial charge on any atom is 0.0237 e. The van der Waals surface area contributed by atoms with Crippen molar-refractivity contribution in [3.63, 3.8) is 0 Å². The molecule has 0 spiro atoms. The maximum absolute atomic E-state index is 5.68. The van der Waals surface area contributed by atoms with Crippen LogP contribution in [-0.2, 0) is 0 Å². The van der Waals surface area contributed by atoms with Gasteiger partial charge in [-0.3, -0.25) is 0 Å². The van der Waals surface area contributed by atoms with Gasteiger partial charge in [-0.15, -0.1) is 0 Å². The van der Waals surface area contributed by atoms with Crippen LogP contribution in [0.5, 0.6) is 0 Å². The van der Waals surface area contributed by atoms with Gasteiger partial charge in [0.15, 0.2) is 0 Å². The fourth-order valence-corrected chi connectivity index (χ4v) is 1.80. The van der Waals surface area contributed by atoms with Crippen LogP contribution in [0.15, 0.2) is 0 Å². The van der Waals surface area contributed by atoms with Crippen LogP contribution in [-0.4, -0.2) is 18.1 Å². The Morgan fingerprint density at radius 1 is 1.20 bits per heavy atom. The van der Waals surface area contributed by atoms with Gasteiger partial charge in [-0.25, -0.2) is 0 Å². The highest BCUT2D eigenvalue weighted by Crippen LogP contribution is 2.24. The van der Waals surface area contributed by atoms with Crippen LogP contribution in [0.3, 0.4) is 0 Å². The third kappa shape index (κ3) is 1.32. The molecule has 2 unspecified atom stereocenters. The van der Waals surface area contributed by atoms with Gasteiger partial charge in [-0.1, -0.05) is 12.8 Å². The molecule has 0 aromatic heterocycles. The van der Waals surface area contributed by atoms with Gasteiger partial charge in [0.25, 0.3) is 0 Å². The average molecular weight is 140 g/mol. The van der Waals surface area contributed by atoms with E-state index in [1.54, 1.807) is 0 Å². The van der Waals surface area contributed by atoms with Crippen LogP contribution in [0.1, 0.15) is 32.1 Å².